The Morgan fingerprint density at radius 2 is 2.33 bits per heavy atom. The number of hydrogen-bond donors (Lipinski definition) is 1. The Balaban J connectivity index is 1.64. The van der Waals surface area contributed by atoms with Crippen molar-refractivity contribution in [3.05, 3.63) is 30.2 Å². The molecule has 1 fully saturated rings. The van der Waals surface area contributed by atoms with Gasteiger partial charge < -0.3 is 9.84 Å². The van der Waals surface area contributed by atoms with Crippen LogP contribution in [0.2, 0.25) is 0 Å². The van der Waals surface area contributed by atoms with Crippen molar-refractivity contribution < 1.29 is 9.32 Å². The van der Waals surface area contributed by atoms with Crippen LogP contribution in [0.3, 0.4) is 0 Å². The van der Waals surface area contributed by atoms with E-state index in [0.717, 1.165) is 18.6 Å². The third-order valence-corrected chi connectivity index (χ3v) is 3.71. The zero-order valence-corrected chi connectivity index (χ0v) is 12.2. The predicted molar refractivity (Wildman–Crippen MR) is 74.6 cm³/mol. The largest absolute Gasteiger partial charge is 0.360 e. The monoisotopic (exact) mass is 289 g/mol. The van der Waals surface area contributed by atoms with Crippen molar-refractivity contribution in [2.24, 2.45) is 5.92 Å². The first-order valence-corrected chi connectivity index (χ1v) is 7.23. The van der Waals surface area contributed by atoms with E-state index in [9.17, 15) is 4.79 Å². The van der Waals surface area contributed by atoms with Gasteiger partial charge in [0, 0.05) is 12.0 Å². The summed E-state index contributed by atoms with van der Waals surface area (Å²) in [6.07, 6.45) is 5.37. The molecule has 1 aliphatic rings. The van der Waals surface area contributed by atoms with Crippen LogP contribution in [-0.2, 0) is 6.54 Å². The zero-order chi connectivity index (χ0) is 14.8. The summed E-state index contributed by atoms with van der Waals surface area (Å²) in [4.78, 5) is 16.2. The van der Waals surface area contributed by atoms with Crippen LogP contribution < -0.4 is 5.32 Å². The van der Waals surface area contributed by atoms with E-state index in [1.807, 2.05) is 0 Å². The van der Waals surface area contributed by atoms with Gasteiger partial charge in [0.25, 0.3) is 5.91 Å². The highest BCUT2D eigenvalue weighted by Gasteiger charge is 2.29. The highest BCUT2D eigenvalue weighted by Crippen LogP contribution is 2.40. The highest BCUT2D eigenvalue weighted by molar-refractivity contribution is 5.92. The third kappa shape index (κ3) is 3.29. The fourth-order valence-electron chi connectivity index (χ4n) is 2.15. The molecule has 2 heterocycles. The molecule has 1 N–H and O–H groups in total. The van der Waals surface area contributed by atoms with Gasteiger partial charge in [-0.2, -0.15) is 5.10 Å². The normalized spacial score (nSPS) is 16.1. The molecule has 2 aromatic heterocycles. The second-order valence-electron chi connectivity index (χ2n) is 5.83. The Morgan fingerprint density at radius 1 is 1.52 bits per heavy atom. The molecule has 0 bridgehead atoms. The van der Waals surface area contributed by atoms with E-state index in [-0.39, 0.29) is 17.9 Å². The van der Waals surface area contributed by atoms with E-state index in [4.69, 9.17) is 4.52 Å². The van der Waals surface area contributed by atoms with Gasteiger partial charge in [-0.1, -0.05) is 19.0 Å². The van der Waals surface area contributed by atoms with Gasteiger partial charge in [0.2, 0.25) is 0 Å². The van der Waals surface area contributed by atoms with Crippen molar-refractivity contribution in [2.75, 3.05) is 0 Å². The minimum absolute atomic E-state index is 0.0414. The number of amides is 1. The Kier molecular flexibility index (Phi) is 3.72. The Bertz CT molecular complexity index is 601. The molecular weight excluding hydrogens is 270 g/mol. The topological polar surface area (TPSA) is 85.8 Å². The SMILES string of the molecule is CC(C)C(Cn1cncn1)NC(=O)c1cc(C2CC2)on1. The third-order valence-electron chi connectivity index (χ3n) is 3.71. The second kappa shape index (κ2) is 5.67. The van der Waals surface area contributed by atoms with Crippen LogP contribution in [0, 0.1) is 5.92 Å². The minimum Gasteiger partial charge on any atom is -0.360 e. The average Bonchev–Trinajstić information content (AvgIpc) is 2.99. The van der Waals surface area contributed by atoms with Crippen molar-refractivity contribution in [1.82, 2.24) is 25.2 Å². The van der Waals surface area contributed by atoms with Gasteiger partial charge in [0.1, 0.15) is 18.4 Å². The summed E-state index contributed by atoms with van der Waals surface area (Å²) in [6.45, 7) is 4.69. The molecule has 0 saturated heterocycles. The number of carbonyl (C=O) groups is 1. The van der Waals surface area contributed by atoms with Crippen LogP contribution in [0.5, 0.6) is 0 Å². The lowest BCUT2D eigenvalue weighted by Gasteiger charge is -2.21. The van der Waals surface area contributed by atoms with Gasteiger partial charge in [-0.3, -0.25) is 9.48 Å². The van der Waals surface area contributed by atoms with Crippen LogP contribution >= 0.6 is 0 Å². The molecule has 1 aliphatic carbocycles. The van der Waals surface area contributed by atoms with Crippen molar-refractivity contribution in [3.63, 3.8) is 0 Å². The molecule has 7 heteroatoms. The Hall–Kier alpha value is -2.18. The molecule has 112 valence electrons. The molecule has 0 radical (unpaired) electrons. The van der Waals surface area contributed by atoms with Gasteiger partial charge >= 0.3 is 0 Å². The molecule has 0 aromatic carbocycles. The predicted octanol–water partition coefficient (Wildman–Crippen LogP) is 1.60. The summed E-state index contributed by atoms with van der Waals surface area (Å²) < 4.78 is 6.93. The van der Waals surface area contributed by atoms with Crippen molar-refractivity contribution in [3.8, 4) is 0 Å². The van der Waals surface area contributed by atoms with Crippen molar-refractivity contribution in [1.29, 1.82) is 0 Å². The number of aromatic nitrogens is 4. The van der Waals surface area contributed by atoms with Gasteiger partial charge in [-0.15, -0.1) is 0 Å². The number of nitrogens with one attached hydrogen (secondary N) is 1. The van der Waals surface area contributed by atoms with Gasteiger partial charge in [0.05, 0.1) is 12.6 Å². The van der Waals surface area contributed by atoms with Gasteiger partial charge in [0.15, 0.2) is 5.69 Å². The molecule has 0 aliphatic heterocycles. The zero-order valence-electron chi connectivity index (χ0n) is 12.2. The molecule has 2 aromatic rings. The van der Waals surface area contributed by atoms with Crippen molar-refractivity contribution in [2.45, 2.75) is 45.2 Å². The summed E-state index contributed by atoms with van der Waals surface area (Å²) in [5, 5.41) is 10.9. The summed E-state index contributed by atoms with van der Waals surface area (Å²) in [5.41, 5.74) is 0.348. The van der Waals surface area contributed by atoms with Crippen LogP contribution in [0.1, 0.15) is 48.9 Å². The molecule has 3 rings (SSSR count). The number of nitrogens with zero attached hydrogens (tertiary/aromatic N) is 4. The quantitative estimate of drug-likeness (QED) is 0.873. The summed E-state index contributed by atoms with van der Waals surface area (Å²) in [5.74, 6) is 1.34. The number of hydrogen-bond acceptors (Lipinski definition) is 5. The fraction of sp³-hybridized carbons (Fsp3) is 0.571. The maximum atomic E-state index is 12.3. The van der Waals surface area contributed by atoms with Gasteiger partial charge in [-0.25, -0.2) is 4.98 Å². The summed E-state index contributed by atoms with van der Waals surface area (Å²) in [6, 6.07) is 1.71. The first-order valence-electron chi connectivity index (χ1n) is 7.23. The lowest BCUT2D eigenvalue weighted by Crippen LogP contribution is -2.41. The van der Waals surface area contributed by atoms with Crippen LogP contribution in [0.4, 0.5) is 0 Å². The number of carbonyl (C=O) groups excluding carboxylic acids is 1. The van der Waals surface area contributed by atoms with E-state index >= 15 is 0 Å². The molecule has 7 nitrogen and oxygen atoms in total. The highest BCUT2D eigenvalue weighted by atomic mass is 16.5. The lowest BCUT2D eigenvalue weighted by molar-refractivity contribution is 0.0910. The smallest absolute Gasteiger partial charge is 0.273 e. The molecule has 1 amide bonds. The summed E-state index contributed by atoms with van der Waals surface area (Å²) >= 11 is 0. The Labute approximate surface area is 122 Å². The molecule has 1 atom stereocenters. The maximum absolute atomic E-state index is 12.3. The van der Waals surface area contributed by atoms with E-state index < -0.39 is 0 Å². The van der Waals surface area contributed by atoms with Gasteiger partial charge in [-0.05, 0) is 18.8 Å². The first kappa shape index (κ1) is 13.8. The standard InChI is InChI=1S/C14H19N5O2/c1-9(2)12(6-19-8-15-7-16-19)17-14(20)11-5-13(21-18-11)10-3-4-10/h5,7-10,12H,3-4,6H2,1-2H3,(H,17,20). The lowest BCUT2D eigenvalue weighted by atomic mass is 10.0. The van der Waals surface area contributed by atoms with E-state index in [0.29, 0.717) is 18.2 Å². The van der Waals surface area contributed by atoms with Crippen molar-refractivity contribution >= 4 is 5.91 Å². The second-order valence-corrected chi connectivity index (χ2v) is 5.83. The van der Waals surface area contributed by atoms with E-state index in [1.54, 1.807) is 17.1 Å². The Morgan fingerprint density at radius 3 is 2.95 bits per heavy atom. The first-order chi connectivity index (χ1) is 10.1. The molecule has 21 heavy (non-hydrogen) atoms. The van der Waals surface area contributed by atoms with Crippen LogP contribution in [0.15, 0.2) is 23.2 Å². The van der Waals surface area contributed by atoms with Crippen LogP contribution in [0.25, 0.3) is 0 Å². The van der Waals surface area contributed by atoms with E-state index in [2.05, 4.69) is 34.4 Å². The van der Waals surface area contributed by atoms with E-state index in [1.165, 1.54) is 6.33 Å². The maximum Gasteiger partial charge on any atom is 0.273 e. The molecular formula is C14H19N5O2. The fourth-order valence-corrected chi connectivity index (χ4v) is 2.15. The minimum atomic E-state index is -0.204. The molecule has 0 spiro atoms. The molecule has 1 saturated carbocycles. The molecule has 1 unspecified atom stereocenters. The average molecular weight is 289 g/mol. The summed E-state index contributed by atoms with van der Waals surface area (Å²) in [7, 11) is 0. The number of rotatable bonds is 6. The van der Waals surface area contributed by atoms with Crippen LogP contribution in [-0.4, -0.2) is 31.9 Å².